The predicted molar refractivity (Wildman–Crippen MR) is 124 cm³/mol. The number of hydrogen-bond donors (Lipinski definition) is 0. The number of rotatable bonds is 8. The molecule has 188 valence electrons. The van der Waals surface area contributed by atoms with Gasteiger partial charge in [0.15, 0.2) is 6.61 Å². The summed E-state index contributed by atoms with van der Waals surface area (Å²) in [6.45, 7) is 3.04. The quantitative estimate of drug-likeness (QED) is 0.571. The third-order valence-corrected chi connectivity index (χ3v) is 6.44. The number of nitrogens with zero attached hydrogens (tertiary/aromatic N) is 2. The van der Waals surface area contributed by atoms with Gasteiger partial charge in [-0.05, 0) is 61.4 Å². The lowest BCUT2D eigenvalue weighted by molar-refractivity contribution is -0.144. The number of carbonyl (C=O) groups is 2. The first-order valence-electron chi connectivity index (χ1n) is 11.8. The molecule has 2 aliphatic rings. The second-order valence-electron chi connectivity index (χ2n) is 9.07. The minimum absolute atomic E-state index is 0.00728. The van der Waals surface area contributed by atoms with Crippen molar-refractivity contribution in [2.45, 2.75) is 19.3 Å². The van der Waals surface area contributed by atoms with Crippen LogP contribution in [0.4, 0.5) is 8.78 Å². The average Bonchev–Trinajstić information content (AvgIpc) is 2.88. The van der Waals surface area contributed by atoms with Gasteiger partial charge in [-0.2, -0.15) is 0 Å². The van der Waals surface area contributed by atoms with Crippen LogP contribution in [0.2, 0.25) is 0 Å². The Labute approximate surface area is 203 Å². The summed E-state index contributed by atoms with van der Waals surface area (Å²) >= 11 is 0. The van der Waals surface area contributed by atoms with Gasteiger partial charge in [-0.3, -0.25) is 9.59 Å². The van der Waals surface area contributed by atoms with Crippen LogP contribution in [0.3, 0.4) is 0 Å². The minimum Gasteiger partial charge on any atom is -0.493 e. The van der Waals surface area contributed by atoms with Gasteiger partial charge in [-0.25, -0.2) is 8.78 Å². The fourth-order valence-electron chi connectivity index (χ4n) is 4.51. The number of piperidine rings is 1. The molecule has 2 heterocycles. The molecule has 2 aromatic rings. The molecule has 2 fully saturated rings. The van der Waals surface area contributed by atoms with E-state index in [0.29, 0.717) is 63.7 Å². The third-order valence-electron chi connectivity index (χ3n) is 6.44. The van der Waals surface area contributed by atoms with Gasteiger partial charge in [0.05, 0.1) is 19.8 Å². The van der Waals surface area contributed by atoms with Crippen molar-refractivity contribution >= 4 is 11.8 Å². The van der Waals surface area contributed by atoms with Gasteiger partial charge in [0.25, 0.3) is 5.91 Å². The van der Waals surface area contributed by atoms with Crippen LogP contribution in [-0.4, -0.2) is 74.2 Å². The van der Waals surface area contributed by atoms with E-state index >= 15 is 0 Å². The molecule has 0 aromatic heterocycles. The summed E-state index contributed by atoms with van der Waals surface area (Å²) < 4.78 is 43.3. The Hall–Kier alpha value is -3.20. The number of morpholine rings is 1. The standard InChI is InChI=1S/C26H30F2N2O5/c27-20-2-6-22(7-3-20)34-17-25(32)30-11-1-10-26(18-30,16-24(31)29-12-14-33-15-13-29)19-35-23-8-4-21(28)5-9-23/h2-9H,1,10-19H2/t26-/m1/s1. The number of carbonyl (C=O) groups excluding carboxylic acids is 2. The van der Waals surface area contributed by atoms with E-state index in [2.05, 4.69) is 0 Å². The van der Waals surface area contributed by atoms with E-state index in [9.17, 15) is 18.4 Å². The molecular formula is C26H30F2N2O5. The van der Waals surface area contributed by atoms with Crippen LogP contribution in [0.5, 0.6) is 11.5 Å². The number of hydrogen-bond acceptors (Lipinski definition) is 5. The van der Waals surface area contributed by atoms with Gasteiger partial charge in [0.2, 0.25) is 5.91 Å². The van der Waals surface area contributed by atoms with Gasteiger partial charge in [0.1, 0.15) is 23.1 Å². The molecule has 0 unspecified atom stereocenters. The lowest BCUT2D eigenvalue weighted by Gasteiger charge is -2.43. The molecule has 0 N–H and O–H groups in total. The minimum atomic E-state index is -0.590. The van der Waals surface area contributed by atoms with Gasteiger partial charge in [0, 0.05) is 38.0 Å². The number of halogens is 2. The lowest BCUT2D eigenvalue weighted by Crippen LogP contribution is -2.52. The Kier molecular flexibility index (Phi) is 8.17. The summed E-state index contributed by atoms with van der Waals surface area (Å²) in [4.78, 5) is 29.6. The number of likely N-dealkylation sites (tertiary alicyclic amines) is 1. The molecule has 0 aliphatic carbocycles. The molecule has 4 rings (SSSR count). The molecule has 0 radical (unpaired) electrons. The van der Waals surface area contributed by atoms with Crippen LogP contribution < -0.4 is 9.47 Å². The molecule has 0 spiro atoms. The number of amides is 2. The Morgan fingerprint density at radius 1 is 0.829 bits per heavy atom. The molecule has 2 saturated heterocycles. The maximum absolute atomic E-state index is 13.3. The fraction of sp³-hybridized carbons (Fsp3) is 0.462. The number of benzene rings is 2. The van der Waals surface area contributed by atoms with E-state index < -0.39 is 5.41 Å². The highest BCUT2D eigenvalue weighted by molar-refractivity contribution is 5.79. The average molecular weight is 489 g/mol. The zero-order valence-corrected chi connectivity index (χ0v) is 19.6. The summed E-state index contributed by atoms with van der Waals surface area (Å²) in [5.41, 5.74) is -0.590. The van der Waals surface area contributed by atoms with E-state index in [1.54, 1.807) is 21.9 Å². The Bertz CT molecular complexity index is 996. The molecule has 2 amide bonds. The summed E-state index contributed by atoms with van der Waals surface area (Å²) in [5, 5.41) is 0. The van der Waals surface area contributed by atoms with Crippen molar-refractivity contribution in [1.29, 1.82) is 0 Å². The van der Waals surface area contributed by atoms with Crippen LogP contribution in [-0.2, 0) is 14.3 Å². The first-order valence-corrected chi connectivity index (χ1v) is 11.8. The largest absolute Gasteiger partial charge is 0.493 e. The van der Waals surface area contributed by atoms with Crippen molar-refractivity contribution in [3.63, 3.8) is 0 Å². The smallest absolute Gasteiger partial charge is 0.260 e. The SMILES string of the molecule is O=C(C[C@]1(COc2ccc(F)cc2)CCCN(C(=O)COc2ccc(F)cc2)C1)N1CCOCC1. The number of ether oxygens (including phenoxy) is 3. The zero-order chi connectivity index (χ0) is 24.7. The van der Waals surface area contributed by atoms with E-state index in [0.717, 1.165) is 0 Å². The highest BCUT2D eigenvalue weighted by Gasteiger charge is 2.41. The fourth-order valence-corrected chi connectivity index (χ4v) is 4.51. The molecule has 0 saturated carbocycles. The third kappa shape index (κ3) is 6.91. The second kappa shape index (κ2) is 11.5. The van der Waals surface area contributed by atoms with E-state index in [-0.39, 0.29) is 43.1 Å². The van der Waals surface area contributed by atoms with Crippen molar-refractivity contribution in [2.24, 2.45) is 5.41 Å². The Balaban J connectivity index is 1.43. The topological polar surface area (TPSA) is 68.3 Å². The van der Waals surface area contributed by atoms with Crippen LogP contribution in [0.15, 0.2) is 48.5 Å². The van der Waals surface area contributed by atoms with Crippen LogP contribution >= 0.6 is 0 Å². The van der Waals surface area contributed by atoms with Crippen molar-refractivity contribution < 1.29 is 32.6 Å². The molecule has 2 aromatic carbocycles. The van der Waals surface area contributed by atoms with Gasteiger partial charge in [-0.15, -0.1) is 0 Å². The summed E-state index contributed by atoms with van der Waals surface area (Å²) in [5.74, 6) is -0.0227. The molecule has 1 atom stereocenters. The van der Waals surface area contributed by atoms with Crippen molar-refractivity contribution in [2.75, 3.05) is 52.6 Å². The monoisotopic (exact) mass is 488 g/mol. The molecule has 9 heteroatoms. The van der Waals surface area contributed by atoms with Crippen LogP contribution in [0.1, 0.15) is 19.3 Å². The highest BCUT2D eigenvalue weighted by Crippen LogP contribution is 2.35. The zero-order valence-electron chi connectivity index (χ0n) is 19.6. The maximum atomic E-state index is 13.3. The summed E-state index contributed by atoms with van der Waals surface area (Å²) in [6.07, 6.45) is 1.66. The van der Waals surface area contributed by atoms with Gasteiger partial charge in [-0.1, -0.05) is 0 Å². The molecule has 7 nitrogen and oxygen atoms in total. The van der Waals surface area contributed by atoms with Gasteiger partial charge >= 0.3 is 0 Å². The van der Waals surface area contributed by atoms with Crippen molar-refractivity contribution in [3.8, 4) is 11.5 Å². The van der Waals surface area contributed by atoms with E-state index in [1.807, 2.05) is 0 Å². The molecule has 35 heavy (non-hydrogen) atoms. The van der Waals surface area contributed by atoms with Crippen molar-refractivity contribution in [1.82, 2.24) is 9.80 Å². The van der Waals surface area contributed by atoms with Crippen LogP contribution in [0.25, 0.3) is 0 Å². The van der Waals surface area contributed by atoms with Crippen molar-refractivity contribution in [3.05, 3.63) is 60.2 Å². The first kappa shape index (κ1) is 24.9. The van der Waals surface area contributed by atoms with E-state index in [1.165, 1.54) is 36.4 Å². The lowest BCUT2D eigenvalue weighted by atomic mass is 9.77. The normalized spacial score (nSPS) is 20.4. The summed E-state index contributed by atoms with van der Waals surface area (Å²) in [7, 11) is 0. The molecule has 2 aliphatic heterocycles. The highest BCUT2D eigenvalue weighted by atomic mass is 19.1. The Morgan fingerprint density at radius 3 is 2.06 bits per heavy atom. The van der Waals surface area contributed by atoms with Crippen LogP contribution in [0, 0.1) is 17.0 Å². The first-order chi connectivity index (χ1) is 16.9. The summed E-state index contributed by atoms with van der Waals surface area (Å²) in [6, 6.07) is 11.2. The predicted octanol–water partition coefficient (Wildman–Crippen LogP) is 3.28. The second-order valence-corrected chi connectivity index (χ2v) is 9.07. The molecular weight excluding hydrogens is 458 g/mol. The Morgan fingerprint density at radius 2 is 1.43 bits per heavy atom. The van der Waals surface area contributed by atoms with Gasteiger partial charge < -0.3 is 24.0 Å². The van der Waals surface area contributed by atoms with E-state index in [4.69, 9.17) is 14.2 Å². The molecule has 0 bridgehead atoms. The maximum Gasteiger partial charge on any atom is 0.260 e.